The summed E-state index contributed by atoms with van der Waals surface area (Å²) in [5.41, 5.74) is -0.0750. The lowest BCUT2D eigenvalue weighted by Gasteiger charge is -2.35. The largest absolute Gasteiger partial charge is 0.481 e. The molecule has 208 valence electrons. The van der Waals surface area contributed by atoms with Gasteiger partial charge in [-0.3, -0.25) is 9.59 Å². The maximum atomic E-state index is 13.8. The smallest absolute Gasteiger partial charge is 0.421 e. The van der Waals surface area contributed by atoms with Crippen molar-refractivity contribution < 1.29 is 27.9 Å². The zero-order valence-corrected chi connectivity index (χ0v) is 21.7. The summed E-state index contributed by atoms with van der Waals surface area (Å²) >= 11 is 0. The SMILES string of the molecule is CN1CCC(N(C)C(=O)c2ccc(Nc3ncc(C(F)(F)F)c(N[C@H]4[C@@H](C(=O)O)[C@H]5C=C[C@@H]4C5)n3)cc2)CC1. The molecule has 2 bridgehead atoms. The van der Waals surface area contributed by atoms with E-state index in [1.54, 1.807) is 36.2 Å². The minimum Gasteiger partial charge on any atom is -0.481 e. The van der Waals surface area contributed by atoms with Gasteiger partial charge in [-0.2, -0.15) is 18.2 Å². The number of hydrogen-bond acceptors (Lipinski definition) is 7. The molecule has 12 heteroatoms. The lowest BCUT2D eigenvalue weighted by atomic mass is 9.89. The molecule has 3 N–H and O–H groups in total. The van der Waals surface area contributed by atoms with Crippen molar-refractivity contribution in [1.82, 2.24) is 19.8 Å². The summed E-state index contributed by atoms with van der Waals surface area (Å²) < 4.78 is 41.3. The van der Waals surface area contributed by atoms with Gasteiger partial charge in [0.15, 0.2) is 0 Å². The van der Waals surface area contributed by atoms with Crippen molar-refractivity contribution in [3.05, 3.63) is 53.7 Å². The molecule has 1 saturated heterocycles. The third-order valence-electron chi connectivity index (χ3n) is 8.09. The highest BCUT2D eigenvalue weighted by Crippen LogP contribution is 2.46. The van der Waals surface area contributed by atoms with Crippen molar-refractivity contribution in [1.29, 1.82) is 0 Å². The van der Waals surface area contributed by atoms with Crippen LogP contribution in [-0.4, -0.2) is 76.0 Å². The number of nitrogens with zero attached hydrogens (tertiary/aromatic N) is 4. The summed E-state index contributed by atoms with van der Waals surface area (Å²) in [5.74, 6) is -2.96. The van der Waals surface area contributed by atoms with E-state index in [2.05, 4.69) is 32.5 Å². The van der Waals surface area contributed by atoms with E-state index in [0.29, 0.717) is 23.9 Å². The van der Waals surface area contributed by atoms with Crippen molar-refractivity contribution in [2.75, 3.05) is 37.8 Å². The lowest BCUT2D eigenvalue weighted by Crippen LogP contribution is -2.44. The number of anilines is 3. The van der Waals surface area contributed by atoms with Gasteiger partial charge in [0.05, 0.1) is 5.92 Å². The summed E-state index contributed by atoms with van der Waals surface area (Å²) in [4.78, 5) is 36.7. The van der Waals surface area contributed by atoms with Crippen molar-refractivity contribution in [3.63, 3.8) is 0 Å². The lowest BCUT2D eigenvalue weighted by molar-refractivity contribution is -0.142. The van der Waals surface area contributed by atoms with Crippen LogP contribution in [0.15, 0.2) is 42.6 Å². The average molecular weight is 545 g/mol. The second-order valence-corrected chi connectivity index (χ2v) is 10.6. The topological polar surface area (TPSA) is 111 Å². The molecule has 1 saturated carbocycles. The van der Waals surface area contributed by atoms with E-state index in [-0.39, 0.29) is 29.7 Å². The Morgan fingerprint density at radius 2 is 1.77 bits per heavy atom. The number of likely N-dealkylation sites (tertiary alicyclic amines) is 1. The van der Waals surface area contributed by atoms with Crippen LogP contribution in [0.2, 0.25) is 0 Å². The number of carbonyl (C=O) groups excluding carboxylic acids is 1. The Kier molecular flexibility index (Phi) is 7.23. The number of benzene rings is 1. The summed E-state index contributed by atoms with van der Waals surface area (Å²) in [6, 6.07) is 6.05. The van der Waals surface area contributed by atoms with Crippen LogP contribution in [0, 0.1) is 17.8 Å². The fourth-order valence-corrected chi connectivity index (χ4v) is 5.85. The second-order valence-electron chi connectivity index (χ2n) is 10.6. The minimum absolute atomic E-state index is 0.0846. The van der Waals surface area contributed by atoms with Crippen molar-refractivity contribution in [2.45, 2.75) is 37.5 Å². The number of alkyl halides is 3. The van der Waals surface area contributed by atoms with Gasteiger partial charge in [-0.25, -0.2) is 4.98 Å². The number of allylic oxidation sites excluding steroid dienone is 1. The minimum atomic E-state index is -4.73. The molecule has 39 heavy (non-hydrogen) atoms. The molecule has 1 aromatic carbocycles. The van der Waals surface area contributed by atoms with Crippen LogP contribution in [0.1, 0.15) is 35.2 Å². The number of fused-ring (bicyclic) bond motifs is 2. The third kappa shape index (κ3) is 5.56. The molecule has 4 atom stereocenters. The van der Waals surface area contributed by atoms with E-state index in [1.165, 1.54) is 0 Å². The van der Waals surface area contributed by atoms with Crippen LogP contribution in [0.4, 0.5) is 30.6 Å². The Balaban J connectivity index is 1.31. The normalized spacial score (nSPS) is 25.1. The molecular weight excluding hydrogens is 513 g/mol. The molecule has 9 nitrogen and oxygen atoms in total. The molecule has 1 aromatic heterocycles. The van der Waals surface area contributed by atoms with E-state index in [9.17, 15) is 27.9 Å². The van der Waals surface area contributed by atoms with Gasteiger partial charge in [-0.05, 0) is 75.5 Å². The van der Waals surface area contributed by atoms with Gasteiger partial charge in [0.1, 0.15) is 11.4 Å². The van der Waals surface area contributed by atoms with E-state index < -0.39 is 35.5 Å². The predicted octanol–water partition coefficient (Wildman–Crippen LogP) is 4.09. The molecule has 2 aromatic rings. The van der Waals surface area contributed by atoms with E-state index in [4.69, 9.17) is 0 Å². The molecule has 2 aliphatic carbocycles. The average Bonchev–Trinajstić information content (AvgIpc) is 3.50. The standard InChI is InChI=1S/C27H31F3N6O3/c1-35-11-9-19(10-12-35)36(2)24(37)15-5-7-18(8-6-15)32-26-31-14-20(27(28,29)30)23(34-26)33-22-17-4-3-16(13-17)21(22)25(38)39/h3-8,14,16-17,19,21-22H,9-13H2,1-2H3,(H,38,39)(H2,31,32,33,34)/t16-,17+,21-,22+/m0/s1. The van der Waals surface area contributed by atoms with Gasteiger partial charge in [0.25, 0.3) is 5.91 Å². The van der Waals surface area contributed by atoms with Crippen molar-refractivity contribution in [3.8, 4) is 0 Å². The molecule has 0 unspecified atom stereocenters. The molecule has 3 aliphatic rings. The van der Waals surface area contributed by atoms with Crippen molar-refractivity contribution >= 4 is 29.3 Å². The van der Waals surface area contributed by atoms with Crippen LogP contribution < -0.4 is 10.6 Å². The number of halogens is 3. The number of hydrogen-bond donors (Lipinski definition) is 3. The quantitative estimate of drug-likeness (QED) is 0.447. The summed E-state index contributed by atoms with van der Waals surface area (Å²) in [7, 11) is 3.86. The van der Waals surface area contributed by atoms with E-state index in [0.717, 1.165) is 25.9 Å². The Hall–Kier alpha value is -3.67. The maximum Gasteiger partial charge on any atom is 0.421 e. The first-order valence-corrected chi connectivity index (χ1v) is 13.0. The van der Waals surface area contributed by atoms with Crippen LogP contribution >= 0.6 is 0 Å². The zero-order chi connectivity index (χ0) is 27.9. The second kappa shape index (κ2) is 10.5. The molecule has 0 spiro atoms. The van der Waals surface area contributed by atoms with E-state index >= 15 is 0 Å². The van der Waals surface area contributed by atoms with Gasteiger partial charge in [-0.15, -0.1) is 0 Å². The number of aliphatic carboxylic acids is 1. The predicted molar refractivity (Wildman–Crippen MR) is 139 cm³/mol. The molecule has 0 radical (unpaired) electrons. The van der Waals surface area contributed by atoms with Gasteiger partial charge in [0.2, 0.25) is 5.95 Å². The third-order valence-corrected chi connectivity index (χ3v) is 8.09. The molecule has 2 heterocycles. The highest BCUT2D eigenvalue weighted by atomic mass is 19.4. The van der Waals surface area contributed by atoms with Crippen LogP contribution in [0.3, 0.4) is 0 Å². The molecule has 2 fully saturated rings. The zero-order valence-electron chi connectivity index (χ0n) is 21.7. The number of aromatic nitrogens is 2. The molecular formula is C27H31F3N6O3. The van der Waals surface area contributed by atoms with Crippen LogP contribution in [0.5, 0.6) is 0 Å². The number of rotatable bonds is 7. The number of carboxylic acid groups (broad SMARTS) is 1. The molecule has 1 aliphatic heterocycles. The highest BCUT2D eigenvalue weighted by molar-refractivity contribution is 5.94. The number of carbonyl (C=O) groups is 2. The maximum absolute atomic E-state index is 13.8. The first-order chi connectivity index (χ1) is 18.5. The van der Waals surface area contributed by atoms with Crippen LogP contribution in [0.25, 0.3) is 0 Å². The first kappa shape index (κ1) is 26.9. The monoisotopic (exact) mass is 544 g/mol. The summed E-state index contributed by atoms with van der Waals surface area (Å²) in [5, 5.41) is 15.3. The summed E-state index contributed by atoms with van der Waals surface area (Å²) in [6.07, 6.45) is 2.02. The van der Waals surface area contributed by atoms with Gasteiger partial charge < -0.3 is 25.5 Å². The Labute approximate surface area is 224 Å². The summed E-state index contributed by atoms with van der Waals surface area (Å²) in [6.45, 7) is 1.87. The van der Waals surface area contributed by atoms with Crippen molar-refractivity contribution in [2.24, 2.45) is 17.8 Å². The fraction of sp³-hybridized carbons (Fsp3) is 0.481. The number of amides is 1. The molecule has 1 amide bonds. The number of carboxylic acids is 1. The first-order valence-electron chi connectivity index (χ1n) is 13.0. The fourth-order valence-electron chi connectivity index (χ4n) is 5.85. The van der Waals surface area contributed by atoms with Gasteiger partial charge in [-0.1, -0.05) is 12.2 Å². The Morgan fingerprint density at radius 1 is 1.10 bits per heavy atom. The van der Waals surface area contributed by atoms with Crippen LogP contribution in [-0.2, 0) is 11.0 Å². The van der Waals surface area contributed by atoms with Gasteiger partial charge in [0, 0.05) is 36.6 Å². The highest BCUT2D eigenvalue weighted by Gasteiger charge is 2.49. The number of nitrogens with one attached hydrogen (secondary N) is 2. The Morgan fingerprint density at radius 3 is 2.41 bits per heavy atom. The molecule has 5 rings (SSSR count). The number of piperidine rings is 1. The van der Waals surface area contributed by atoms with E-state index in [1.807, 2.05) is 12.2 Å². The Bertz CT molecular complexity index is 1260. The van der Waals surface area contributed by atoms with Gasteiger partial charge >= 0.3 is 12.1 Å².